The third kappa shape index (κ3) is 5.09. The van der Waals surface area contributed by atoms with Crippen molar-refractivity contribution in [1.82, 2.24) is 14.3 Å². The van der Waals surface area contributed by atoms with Gasteiger partial charge in [0.25, 0.3) is 0 Å². The summed E-state index contributed by atoms with van der Waals surface area (Å²) in [5, 5.41) is 6.05. The number of halogens is 1. The first-order valence-corrected chi connectivity index (χ1v) is 11.1. The van der Waals surface area contributed by atoms with Crippen LogP contribution in [0.25, 0.3) is 27.5 Å². The van der Waals surface area contributed by atoms with Crippen LogP contribution in [0.4, 0.5) is 0 Å². The molecule has 0 aliphatic heterocycles. The molecule has 0 N–H and O–H groups in total. The van der Waals surface area contributed by atoms with Crippen LogP contribution in [0.3, 0.4) is 0 Å². The van der Waals surface area contributed by atoms with E-state index in [1.54, 1.807) is 36.0 Å². The Morgan fingerprint density at radius 1 is 1.12 bits per heavy atom. The normalized spacial score (nSPS) is 11.6. The fourth-order valence-electron chi connectivity index (χ4n) is 3.39. The van der Waals surface area contributed by atoms with Gasteiger partial charge in [0.2, 0.25) is 0 Å². The summed E-state index contributed by atoms with van der Waals surface area (Å²) in [6.45, 7) is 1.81. The van der Waals surface area contributed by atoms with E-state index in [1.165, 1.54) is 18.2 Å². The second-order valence-corrected chi connectivity index (χ2v) is 8.93. The molecule has 4 aromatic rings. The maximum atomic E-state index is 12.3. The van der Waals surface area contributed by atoms with E-state index >= 15 is 0 Å². The van der Waals surface area contributed by atoms with Crippen molar-refractivity contribution in [2.24, 2.45) is 7.05 Å². The van der Waals surface area contributed by atoms with Gasteiger partial charge in [-0.2, -0.15) is 5.10 Å². The Balaban J connectivity index is 0.00000289. The quantitative estimate of drug-likeness (QED) is 0.313. The standard InChI is InChI=1S/C22H19ClN4O3S.K/c1-15-19(9-11-21(28)25-31(29,30)18-6-4-3-5-7-18)22(26(2)24-15)27-13-12-16-14-17(23)8-10-20(16)27;/h3-14H,1-2H3,(H,25,28);/q;+1/p-1/b11-9+;. The Bertz CT molecular complexity index is 1430. The van der Waals surface area contributed by atoms with Crippen molar-refractivity contribution in [2.75, 3.05) is 0 Å². The molecule has 0 spiro atoms. The summed E-state index contributed by atoms with van der Waals surface area (Å²) in [6.07, 6.45) is 4.56. The Kier molecular flexibility index (Phi) is 7.82. The maximum absolute atomic E-state index is 12.3. The molecular formula is C22H18ClKN4O3S. The second kappa shape index (κ2) is 10.0. The third-order valence-corrected chi connectivity index (χ3v) is 6.28. The molecular weight excluding hydrogens is 475 g/mol. The third-order valence-electron chi connectivity index (χ3n) is 4.76. The Morgan fingerprint density at radius 3 is 2.56 bits per heavy atom. The van der Waals surface area contributed by atoms with E-state index in [0.29, 0.717) is 16.3 Å². The van der Waals surface area contributed by atoms with Crippen molar-refractivity contribution in [3.63, 3.8) is 0 Å². The van der Waals surface area contributed by atoms with Crippen LogP contribution in [0.2, 0.25) is 5.02 Å². The van der Waals surface area contributed by atoms with E-state index in [9.17, 15) is 13.2 Å². The first-order chi connectivity index (χ1) is 14.8. The van der Waals surface area contributed by atoms with Gasteiger partial charge >= 0.3 is 51.4 Å². The van der Waals surface area contributed by atoms with Gasteiger partial charge in [-0.3, -0.25) is 4.68 Å². The van der Waals surface area contributed by atoms with Gasteiger partial charge < -0.3 is 14.1 Å². The number of rotatable bonds is 5. The van der Waals surface area contributed by atoms with Crippen molar-refractivity contribution in [2.45, 2.75) is 11.8 Å². The SMILES string of the molecule is Cc1nn(C)c(-n2ccc3cc(Cl)ccc32)c1/C=C/C(=O)[N-]S(=O)(=O)c1ccccc1.[K+]. The molecule has 1 amide bonds. The molecule has 7 nitrogen and oxygen atoms in total. The van der Waals surface area contributed by atoms with Crippen molar-refractivity contribution in [1.29, 1.82) is 0 Å². The summed E-state index contributed by atoms with van der Waals surface area (Å²) in [7, 11) is -2.27. The minimum Gasteiger partial charge on any atom is -0.538 e. The number of aryl methyl sites for hydroxylation is 2. The molecule has 32 heavy (non-hydrogen) atoms. The van der Waals surface area contributed by atoms with E-state index < -0.39 is 15.9 Å². The molecule has 4 rings (SSSR count). The molecule has 0 aliphatic carbocycles. The molecule has 0 radical (unpaired) electrons. The first-order valence-electron chi connectivity index (χ1n) is 9.32. The summed E-state index contributed by atoms with van der Waals surface area (Å²) in [4.78, 5) is 12.3. The van der Waals surface area contributed by atoms with Crippen LogP contribution < -0.4 is 51.4 Å². The molecule has 0 saturated carbocycles. The molecule has 0 atom stereocenters. The van der Waals surface area contributed by atoms with Gasteiger partial charge in [0.05, 0.1) is 22.0 Å². The second-order valence-electron chi connectivity index (χ2n) is 6.89. The summed E-state index contributed by atoms with van der Waals surface area (Å²) in [5.74, 6) is -0.146. The molecule has 2 aromatic carbocycles. The molecule has 10 heteroatoms. The van der Waals surface area contributed by atoms with Gasteiger partial charge in [-0.25, -0.2) is 8.42 Å². The summed E-state index contributed by atoms with van der Waals surface area (Å²) in [5.41, 5.74) is 2.28. The van der Waals surface area contributed by atoms with Crippen molar-refractivity contribution in [3.8, 4) is 5.82 Å². The number of amides is 1. The molecule has 0 bridgehead atoms. The van der Waals surface area contributed by atoms with Crippen LogP contribution in [-0.4, -0.2) is 28.7 Å². The van der Waals surface area contributed by atoms with Gasteiger partial charge in [-0.1, -0.05) is 29.8 Å². The minimum absolute atomic E-state index is 0. The van der Waals surface area contributed by atoms with Crippen molar-refractivity contribution in [3.05, 3.63) is 87.9 Å². The number of fused-ring (bicyclic) bond motifs is 1. The van der Waals surface area contributed by atoms with Crippen molar-refractivity contribution < 1.29 is 64.6 Å². The number of aromatic nitrogens is 3. The van der Waals surface area contributed by atoms with Gasteiger partial charge in [-0.15, -0.1) is 0 Å². The average molecular weight is 493 g/mol. The number of carbonyl (C=O) groups excluding carboxylic acids is 1. The van der Waals surface area contributed by atoms with Crippen LogP contribution in [0.15, 0.2) is 71.8 Å². The smallest absolute Gasteiger partial charge is 0.538 e. The molecule has 0 aliphatic rings. The Morgan fingerprint density at radius 2 is 1.84 bits per heavy atom. The van der Waals surface area contributed by atoms with Gasteiger partial charge in [0.1, 0.15) is 15.8 Å². The van der Waals surface area contributed by atoms with E-state index in [2.05, 4.69) is 9.82 Å². The van der Waals surface area contributed by atoms with E-state index in [1.807, 2.05) is 35.9 Å². The number of benzene rings is 2. The van der Waals surface area contributed by atoms with Crippen LogP contribution in [-0.2, 0) is 21.9 Å². The molecule has 0 unspecified atom stereocenters. The van der Waals surface area contributed by atoms with E-state index in [-0.39, 0.29) is 56.3 Å². The van der Waals surface area contributed by atoms with Gasteiger partial charge in [0, 0.05) is 29.2 Å². The zero-order valence-electron chi connectivity index (χ0n) is 17.7. The summed E-state index contributed by atoms with van der Waals surface area (Å²) in [6, 6.07) is 15.1. The Labute approximate surface area is 233 Å². The topological polar surface area (TPSA) is 88.1 Å². The largest absolute Gasteiger partial charge is 1.00 e. The minimum atomic E-state index is -4.07. The average Bonchev–Trinajstić information content (AvgIpc) is 3.25. The number of nitrogens with zero attached hydrogens (tertiary/aromatic N) is 4. The van der Waals surface area contributed by atoms with Crippen LogP contribution in [0, 0.1) is 6.92 Å². The Hall–Kier alpha value is -1.72. The van der Waals surface area contributed by atoms with Crippen LogP contribution in [0.1, 0.15) is 11.3 Å². The first kappa shape index (κ1) is 24.9. The fraction of sp³-hybridized carbons (Fsp3) is 0.0909. The molecule has 0 saturated heterocycles. The molecule has 2 aromatic heterocycles. The zero-order valence-corrected chi connectivity index (χ0v) is 22.4. The predicted octanol–water partition coefficient (Wildman–Crippen LogP) is 1.63. The monoisotopic (exact) mass is 492 g/mol. The number of carbonyl (C=O) groups is 1. The van der Waals surface area contributed by atoms with Crippen molar-refractivity contribution >= 4 is 44.5 Å². The summed E-state index contributed by atoms with van der Waals surface area (Å²) >= 11 is 6.09. The number of hydrogen-bond donors (Lipinski definition) is 0. The predicted molar refractivity (Wildman–Crippen MR) is 121 cm³/mol. The van der Waals surface area contributed by atoms with Gasteiger partial charge in [0.15, 0.2) is 0 Å². The van der Waals surface area contributed by atoms with Gasteiger partial charge in [-0.05, 0) is 55.5 Å². The molecule has 2 heterocycles. The molecule has 0 fully saturated rings. The zero-order chi connectivity index (χ0) is 22.2. The van der Waals surface area contributed by atoms with Crippen LogP contribution in [0.5, 0.6) is 0 Å². The maximum Gasteiger partial charge on any atom is 1.00 e. The number of sulfonamides is 1. The number of hydrogen-bond acceptors (Lipinski definition) is 4. The van der Waals surface area contributed by atoms with E-state index in [0.717, 1.165) is 22.8 Å². The van der Waals surface area contributed by atoms with Crippen LogP contribution >= 0.6 is 11.6 Å². The fourth-order valence-corrected chi connectivity index (χ4v) is 4.47. The molecule has 158 valence electrons. The van der Waals surface area contributed by atoms with E-state index in [4.69, 9.17) is 11.6 Å². The summed E-state index contributed by atoms with van der Waals surface area (Å²) < 4.78 is 31.6.